The number of para-hydroxylation sites is 3. The van der Waals surface area contributed by atoms with E-state index in [0.29, 0.717) is 12.7 Å². The first kappa shape index (κ1) is 43.2. The standard InChI is InChI=1S/C66H60N4O/c1-64(2,3)43-20-16-19-42(35-43)49-26-17-27-56-52-23-12-10-21-50(52)51-22-11-13-24-53(51)57-28-18-30-59-63(57)69(62(49)56)41-68(59)46-36-45(66(7,8)9)37-48(39-46)71-47-31-32-55-54-25-14-15-29-58(54)70(60(55)40-47)61-38-44(33-34-67-61)65(4,5)6/h10-40H,41H2,1-9H3/i16D. The number of anilines is 2. The summed E-state index contributed by atoms with van der Waals surface area (Å²) in [6.45, 7) is 20.8. The van der Waals surface area contributed by atoms with Crippen LogP contribution in [0.25, 0.3) is 82.1 Å². The average Bonchev–Trinajstić information content (AvgIpc) is 3.92. The summed E-state index contributed by atoms with van der Waals surface area (Å²) in [5.41, 5.74) is 11.9. The molecule has 0 amide bonds. The van der Waals surface area contributed by atoms with Gasteiger partial charge in [-0.25, -0.2) is 4.98 Å². The van der Waals surface area contributed by atoms with Crippen LogP contribution < -0.4 is 9.64 Å². The molecule has 1 aliphatic rings. The van der Waals surface area contributed by atoms with Crippen LogP contribution >= 0.6 is 0 Å². The van der Waals surface area contributed by atoms with E-state index in [9.17, 15) is 0 Å². The molecule has 5 nitrogen and oxygen atoms in total. The second kappa shape index (κ2) is 16.3. The number of aromatic nitrogens is 3. The molecule has 0 spiro atoms. The highest BCUT2D eigenvalue weighted by molar-refractivity contribution is 6.22. The zero-order valence-electron chi connectivity index (χ0n) is 43.2. The summed E-state index contributed by atoms with van der Waals surface area (Å²) in [7, 11) is 0. The van der Waals surface area contributed by atoms with Crippen LogP contribution in [0.2, 0.25) is 0 Å². The first-order valence-corrected chi connectivity index (χ1v) is 25.0. The van der Waals surface area contributed by atoms with E-state index in [4.69, 9.17) is 11.1 Å². The van der Waals surface area contributed by atoms with Gasteiger partial charge in [-0.2, -0.15) is 0 Å². The van der Waals surface area contributed by atoms with Gasteiger partial charge in [-0.05, 0) is 109 Å². The zero-order chi connectivity index (χ0) is 49.8. The van der Waals surface area contributed by atoms with Crippen molar-refractivity contribution in [2.75, 3.05) is 4.90 Å². The lowest BCUT2D eigenvalue weighted by Gasteiger charge is -2.26. The third kappa shape index (κ3) is 7.58. The maximum atomic E-state index is 9.11. The minimum absolute atomic E-state index is 0.0314. The van der Waals surface area contributed by atoms with Crippen LogP contribution in [0.3, 0.4) is 0 Å². The van der Waals surface area contributed by atoms with Crippen molar-refractivity contribution >= 4 is 76.5 Å². The molecule has 0 saturated heterocycles. The Bertz CT molecular complexity index is 4080. The van der Waals surface area contributed by atoms with Crippen molar-refractivity contribution in [2.24, 2.45) is 0 Å². The minimum atomic E-state index is -0.187. The molecule has 71 heavy (non-hydrogen) atoms. The van der Waals surface area contributed by atoms with Gasteiger partial charge in [0.2, 0.25) is 0 Å². The summed E-state index contributed by atoms with van der Waals surface area (Å²) >= 11 is 0. The van der Waals surface area contributed by atoms with Crippen LogP contribution in [0.5, 0.6) is 11.5 Å². The predicted molar refractivity (Wildman–Crippen MR) is 301 cm³/mol. The van der Waals surface area contributed by atoms with Crippen LogP contribution in [0, 0.1) is 0 Å². The van der Waals surface area contributed by atoms with Crippen LogP contribution in [0.1, 0.15) is 80.4 Å². The SMILES string of the molecule is [2H]c1cc(-c2cccc3c4ccccc4c4ccccc4c4cccc5c4n(c23)CN5c2cc(Oc3ccc4c5ccccc5n(-c5cc(C(C)(C)C)ccn5)c4c3)cc(C(C)(C)C)c2)cc(C(C)(C)C)c1. The molecular weight excluding hydrogens is 865 g/mol. The van der Waals surface area contributed by atoms with Gasteiger partial charge in [0.25, 0.3) is 0 Å². The number of nitrogens with zero attached hydrogens (tertiary/aromatic N) is 4. The topological polar surface area (TPSA) is 35.2 Å². The smallest absolute Gasteiger partial charge is 0.137 e. The van der Waals surface area contributed by atoms with E-state index in [0.717, 1.165) is 78.2 Å². The van der Waals surface area contributed by atoms with Crippen molar-refractivity contribution in [3.05, 3.63) is 205 Å². The Morgan fingerprint density at radius 3 is 1.75 bits per heavy atom. The van der Waals surface area contributed by atoms with Gasteiger partial charge in [-0.1, -0.05) is 184 Å². The van der Waals surface area contributed by atoms with Gasteiger partial charge < -0.3 is 14.2 Å². The molecule has 0 radical (unpaired) electrons. The molecule has 0 saturated carbocycles. The van der Waals surface area contributed by atoms with E-state index in [2.05, 4.69) is 240 Å². The van der Waals surface area contributed by atoms with Crippen LogP contribution in [0.4, 0.5) is 11.4 Å². The van der Waals surface area contributed by atoms with E-state index in [1.54, 1.807) is 0 Å². The molecule has 0 N–H and O–H groups in total. The maximum absolute atomic E-state index is 9.11. The van der Waals surface area contributed by atoms with Gasteiger partial charge in [0.05, 0.1) is 29.1 Å². The quantitative estimate of drug-likeness (QED) is 0.173. The fourth-order valence-electron chi connectivity index (χ4n) is 10.8. The molecule has 1 aliphatic heterocycles. The second-order valence-corrected chi connectivity index (χ2v) is 22.5. The van der Waals surface area contributed by atoms with Crippen molar-refractivity contribution in [3.8, 4) is 28.4 Å². The number of ether oxygens (including phenoxy) is 1. The molecule has 8 aromatic carbocycles. The predicted octanol–water partition coefficient (Wildman–Crippen LogP) is 18.2. The molecule has 11 aromatic rings. The summed E-state index contributed by atoms with van der Waals surface area (Å²) < 4.78 is 21.0. The third-order valence-corrected chi connectivity index (χ3v) is 14.6. The molecule has 12 rings (SSSR count). The first-order chi connectivity index (χ1) is 34.5. The fraction of sp³-hybridized carbons (Fsp3) is 0.197. The number of benzene rings is 8. The summed E-state index contributed by atoms with van der Waals surface area (Å²) in [6.07, 6.45) is 1.93. The molecule has 0 fully saturated rings. The van der Waals surface area contributed by atoms with Gasteiger partial charge in [-0.15, -0.1) is 0 Å². The summed E-state index contributed by atoms with van der Waals surface area (Å²) in [6, 6.07) is 64.2. The lowest BCUT2D eigenvalue weighted by Crippen LogP contribution is -2.17. The molecule has 3 aromatic heterocycles. The van der Waals surface area contributed by atoms with Crippen molar-refractivity contribution in [1.29, 1.82) is 0 Å². The lowest BCUT2D eigenvalue weighted by atomic mass is 9.85. The Balaban J connectivity index is 1.09. The normalized spacial score (nSPS) is 13.3. The molecule has 0 aliphatic carbocycles. The van der Waals surface area contributed by atoms with E-state index in [-0.39, 0.29) is 16.2 Å². The van der Waals surface area contributed by atoms with Crippen molar-refractivity contribution in [1.82, 2.24) is 14.1 Å². The molecule has 5 heteroatoms. The van der Waals surface area contributed by atoms with Crippen molar-refractivity contribution < 1.29 is 6.11 Å². The Kier molecular flexibility index (Phi) is 9.94. The number of pyridine rings is 1. The number of fused-ring (bicyclic) bond motifs is 10. The second-order valence-electron chi connectivity index (χ2n) is 22.5. The molecule has 0 atom stereocenters. The van der Waals surface area contributed by atoms with Gasteiger partial charge >= 0.3 is 0 Å². The summed E-state index contributed by atoms with van der Waals surface area (Å²) in [5.74, 6) is 2.41. The van der Waals surface area contributed by atoms with E-state index < -0.39 is 0 Å². The van der Waals surface area contributed by atoms with Crippen LogP contribution in [0.15, 0.2) is 188 Å². The van der Waals surface area contributed by atoms with Gasteiger partial charge in [-0.3, -0.25) is 4.57 Å². The maximum Gasteiger partial charge on any atom is 0.137 e. The van der Waals surface area contributed by atoms with E-state index in [1.165, 1.54) is 43.4 Å². The number of hydrogen-bond donors (Lipinski definition) is 0. The van der Waals surface area contributed by atoms with Crippen molar-refractivity contribution in [2.45, 2.75) is 85.2 Å². The van der Waals surface area contributed by atoms with Crippen molar-refractivity contribution in [3.63, 3.8) is 0 Å². The molecular formula is C66H60N4O. The largest absolute Gasteiger partial charge is 0.457 e. The molecule has 4 heterocycles. The molecule has 0 bridgehead atoms. The summed E-state index contributed by atoms with van der Waals surface area (Å²) in [5, 5.41) is 9.39. The highest BCUT2D eigenvalue weighted by atomic mass is 16.5. The first-order valence-electron chi connectivity index (χ1n) is 25.5. The van der Waals surface area contributed by atoms with Crippen LogP contribution in [-0.2, 0) is 22.9 Å². The third-order valence-electron chi connectivity index (χ3n) is 14.6. The number of rotatable bonds is 5. The minimum Gasteiger partial charge on any atom is -0.457 e. The lowest BCUT2D eigenvalue weighted by molar-refractivity contribution is 0.479. The molecule has 0 unspecified atom stereocenters. The molecule has 350 valence electrons. The fourth-order valence-corrected chi connectivity index (χ4v) is 10.8. The Morgan fingerprint density at radius 1 is 0.465 bits per heavy atom. The van der Waals surface area contributed by atoms with Crippen LogP contribution in [-0.4, -0.2) is 14.1 Å². The van der Waals surface area contributed by atoms with Gasteiger partial charge in [0, 0.05) is 51.1 Å². The monoisotopic (exact) mass is 925 g/mol. The van der Waals surface area contributed by atoms with E-state index >= 15 is 0 Å². The summed E-state index contributed by atoms with van der Waals surface area (Å²) in [4.78, 5) is 7.41. The Hall–Kier alpha value is -7.89. The van der Waals surface area contributed by atoms with Gasteiger partial charge in [0.15, 0.2) is 0 Å². The average molecular weight is 926 g/mol. The van der Waals surface area contributed by atoms with E-state index in [1.807, 2.05) is 18.3 Å². The zero-order valence-corrected chi connectivity index (χ0v) is 42.2. The number of hydrogen-bond acceptors (Lipinski definition) is 3. The Morgan fingerprint density at radius 2 is 1.06 bits per heavy atom. The highest BCUT2D eigenvalue weighted by Gasteiger charge is 2.28. The Labute approximate surface area is 418 Å². The van der Waals surface area contributed by atoms with Gasteiger partial charge in [0.1, 0.15) is 24.0 Å². The highest BCUT2D eigenvalue weighted by Crippen LogP contribution is 2.47.